The van der Waals surface area contributed by atoms with E-state index >= 15 is 0 Å². The largest absolute Gasteiger partial charge is 0.299 e. The predicted octanol–water partition coefficient (Wildman–Crippen LogP) is 4.22. The second kappa shape index (κ2) is 7.88. The number of Topliss-reactive ketones (excluding diaryl/α,β-unsaturated/α-hetero) is 1. The Morgan fingerprint density at radius 3 is 2.56 bits per heavy atom. The minimum absolute atomic E-state index is 0.183. The Bertz CT molecular complexity index is 946. The average molecular weight is 376 g/mol. The van der Waals surface area contributed by atoms with E-state index in [9.17, 15) is 4.79 Å². The summed E-state index contributed by atoms with van der Waals surface area (Å²) in [7, 11) is 0. The highest BCUT2D eigenvalue weighted by atomic mass is 32.2. The third-order valence-corrected chi connectivity index (χ3v) is 5.50. The van der Waals surface area contributed by atoms with E-state index in [4.69, 9.17) is 0 Å². The first-order valence-corrected chi connectivity index (χ1v) is 9.94. The molecule has 5 nitrogen and oxygen atoms in total. The molecule has 0 unspecified atom stereocenters. The molecule has 1 saturated carbocycles. The van der Waals surface area contributed by atoms with Crippen LogP contribution < -0.4 is 0 Å². The van der Waals surface area contributed by atoms with Crippen molar-refractivity contribution < 1.29 is 4.79 Å². The maximum absolute atomic E-state index is 12.4. The summed E-state index contributed by atoms with van der Waals surface area (Å²) >= 11 is 1.47. The highest BCUT2D eigenvalue weighted by Gasteiger charge is 2.30. The van der Waals surface area contributed by atoms with Gasteiger partial charge in [-0.2, -0.15) is 0 Å². The van der Waals surface area contributed by atoms with E-state index in [1.54, 1.807) is 18.5 Å². The summed E-state index contributed by atoms with van der Waals surface area (Å²) in [6.45, 7) is 3.75. The van der Waals surface area contributed by atoms with E-state index in [1.165, 1.54) is 11.8 Å². The fraction of sp³-hybridized carbons (Fsp3) is 0.238. The van der Waals surface area contributed by atoms with Crippen molar-refractivity contribution in [2.24, 2.45) is 0 Å². The van der Waals surface area contributed by atoms with Crippen LogP contribution in [0, 0.1) is 0 Å². The van der Waals surface area contributed by atoms with E-state index in [1.807, 2.05) is 36.4 Å². The number of ketones is 1. The molecule has 6 heteroatoms. The quantitative estimate of drug-likeness (QED) is 0.551. The van der Waals surface area contributed by atoms with Gasteiger partial charge in [0.1, 0.15) is 5.78 Å². The van der Waals surface area contributed by atoms with Crippen LogP contribution in [0.1, 0.15) is 30.0 Å². The van der Waals surface area contributed by atoms with Gasteiger partial charge in [-0.1, -0.05) is 48.7 Å². The molecular formula is C21H20N4OS. The lowest BCUT2D eigenvalue weighted by molar-refractivity contribution is -0.116. The lowest BCUT2D eigenvalue weighted by atomic mass is 10.1. The van der Waals surface area contributed by atoms with Crippen molar-refractivity contribution in [2.75, 3.05) is 5.75 Å². The topological polar surface area (TPSA) is 60.7 Å². The standard InChI is InChI=1S/C21H20N4OS/c1-2-15-3-5-16(6-4-15)13-19(26)14-27-21-24-23-20(25(21)18-7-8-18)17-9-11-22-12-10-17/h2-6,9-12,18H,1,7-8,13-14H2. The Balaban J connectivity index is 1.44. The van der Waals surface area contributed by atoms with Crippen molar-refractivity contribution in [1.29, 1.82) is 0 Å². The second-order valence-electron chi connectivity index (χ2n) is 6.59. The third kappa shape index (κ3) is 4.17. The van der Waals surface area contributed by atoms with Gasteiger partial charge in [-0.25, -0.2) is 0 Å². The molecule has 1 fully saturated rings. The lowest BCUT2D eigenvalue weighted by Gasteiger charge is -2.08. The molecule has 0 radical (unpaired) electrons. The van der Waals surface area contributed by atoms with Gasteiger partial charge in [0.05, 0.1) is 5.75 Å². The molecule has 0 atom stereocenters. The maximum Gasteiger partial charge on any atom is 0.192 e. The second-order valence-corrected chi connectivity index (χ2v) is 7.54. The molecule has 2 aromatic heterocycles. The fourth-order valence-corrected chi connectivity index (χ4v) is 3.80. The van der Waals surface area contributed by atoms with Crippen molar-refractivity contribution in [2.45, 2.75) is 30.5 Å². The molecule has 0 amide bonds. The molecule has 4 rings (SSSR count). The number of nitrogens with zero attached hydrogens (tertiary/aromatic N) is 4. The first kappa shape index (κ1) is 17.7. The zero-order valence-electron chi connectivity index (χ0n) is 14.9. The van der Waals surface area contributed by atoms with Crippen LogP contribution in [0.3, 0.4) is 0 Å². The van der Waals surface area contributed by atoms with E-state index in [-0.39, 0.29) is 5.78 Å². The van der Waals surface area contributed by atoms with Gasteiger partial charge in [0, 0.05) is 30.4 Å². The number of carbonyl (C=O) groups excluding carboxylic acids is 1. The normalized spacial score (nSPS) is 13.5. The highest BCUT2D eigenvalue weighted by molar-refractivity contribution is 7.99. The van der Waals surface area contributed by atoms with Crippen LogP contribution in [-0.2, 0) is 11.2 Å². The number of thioether (sulfide) groups is 1. The molecule has 0 spiro atoms. The van der Waals surface area contributed by atoms with Crippen molar-refractivity contribution in [1.82, 2.24) is 19.7 Å². The summed E-state index contributed by atoms with van der Waals surface area (Å²) in [5.74, 6) is 1.43. The maximum atomic E-state index is 12.4. The van der Waals surface area contributed by atoms with Crippen LogP contribution in [0.25, 0.3) is 17.5 Å². The van der Waals surface area contributed by atoms with Gasteiger partial charge in [-0.05, 0) is 36.1 Å². The molecule has 27 heavy (non-hydrogen) atoms. The molecular weight excluding hydrogens is 356 g/mol. The first-order chi connectivity index (χ1) is 13.2. The van der Waals surface area contributed by atoms with Crippen molar-refractivity contribution in [3.05, 3.63) is 66.5 Å². The van der Waals surface area contributed by atoms with Gasteiger partial charge < -0.3 is 0 Å². The average Bonchev–Trinajstić information content (AvgIpc) is 3.46. The summed E-state index contributed by atoms with van der Waals surface area (Å²) in [5.41, 5.74) is 3.08. The molecule has 1 aromatic carbocycles. The van der Waals surface area contributed by atoms with E-state index in [2.05, 4.69) is 26.3 Å². The van der Waals surface area contributed by atoms with Gasteiger partial charge in [0.25, 0.3) is 0 Å². The van der Waals surface area contributed by atoms with Crippen LogP contribution in [0.4, 0.5) is 0 Å². The molecule has 1 aliphatic rings. The molecule has 0 N–H and O–H groups in total. The van der Waals surface area contributed by atoms with E-state index in [0.717, 1.165) is 40.5 Å². The van der Waals surface area contributed by atoms with Crippen molar-refractivity contribution >= 4 is 23.6 Å². The number of carbonyl (C=O) groups is 1. The van der Waals surface area contributed by atoms with Gasteiger partial charge >= 0.3 is 0 Å². The van der Waals surface area contributed by atoms with Crippen LogP contribution >= 0.6 is 11.8 Å². The lowest BCUT2D eigenvalue weighted by Crippen LogP contribution is -2.07. The van der Waals surface area contributed by atoms with Crippen LogP contribution in [0.2, 0.25) is 0 Å². The molecule has 0 aliphatic heterocycles. The SMILES string of the molecule is C=Cc1ccc(CC(=O)CSc2nnc(-c3ccncc3)n2C2CC2)cc1. The predicted molar refractivity (Wildman–Crippen MR) is 107 cm³/mol. The smallest absolute Gasteiger partial charge is 0.192 e. The summed E-state index contributed by atoms with van der Waals surface area (Å²) in [5, 5.41) is 9.54. The third-order valence-electron chi connectivity index (χ3n) is 4.49. The monoisotopic (exact) mass is 376 g/mol. The zero-order chi connectivity index (χ0) is 18.6. The van der Waals surface area contributed by atoms with Crippen LogP contribution in [0.5, 0.6) is 0 Å². The number of aromatic nitrogens is 4. The number of hydrogen-bond acceptors (Lipinski definition) is 5. The molecule has 136 valence electrons. The van der Waals surface area contributed by atoms with Gasteiger partial charge in [0.15, 0.2) is 11.0 Å². The van der Waals surface area contributed by atoms with Crippen molar-refractivity contribution in [3.63, 3.8) is 0 Å². The Morgan fingerprint density at radius 2 is 1.89 bits per heavy atom. The number of rotatable bonds is 8. The summed E-state index contributed by atoms with van der Waals surface area (Å²) in [4.78, 5) is 16.5. The number of pyridine rings is 1. The number of benzene rings is 1. The molecule has 2 heterocycles. The minimum Gasteiger partial charge on any atom is -0.299 e. The molecule has 0 saturated heterocycles. The summed E-state index contributed by atoms with van der Waals surface area (Å²) < 4.78 is 2.17. The Hall–Kier alpha value is -2.73. The Labute approximate surface area is 162 Å². The molecule has 1 aliphatic carbocycles. The minimum atomic E-state index is 0.183. The first-order valence-electron chi connectivity index (χ1n) is 8.96. The zero-order valence-corrected chi connectivity index (χ0v) is 15.7. The summed E-state index contributed by atoms with van der Waals surface area (Å²) in [6.07, 6.45) is 8.01. The van der Waals surface area contributed by atoms with E-state index < -0.39 is 0 Å². The van der Waals surface area contributed by atoms with Crippen LogP contribution in [-0.4, -0.2) is 31.3 Å². The Morgan fingerprint density at radius 1 is 1.15 bits per heavy atom. The Kier molecular flexibility index (Phi) is 5.16. The van der Waals surface area contributed by atoms with Crippen molar-refractivity contribution in [3.8, 4) is 11.4 Å². The number of hydrogen-bond donors (Lipinski definition) is 0. The van der Waals surface area contributed by atoms with Gasteiger partial charge in [-0.15, -0.1) is 10.2 Å². The van der Waals surface area contributed by atoms with E-state index in [0.29, 0.717) is 18.2 Å². The van der Waals surface area contributed by atoms with Gasteiger partial charge in [0.2, 0.25) is 0 Å². The molecule has 3 aromatic rings. The van der Waals surface area contributed by atoms with Crippen LogP contribution in [0.15, 0.2) is 60.5 Å². The summed E-state index contributed by atoms with van der Waals surface area (Å²) in [6, 6.07) is 12.2. The highest BCUT2D eigenvalue weighted by Crippen LogP contribution is 2.40. The fourth-order valence-electron chi connectivity index (χ4n) is 2.93. The molecule has 0 bridgehead atoms. The van der Waals surface area contributed by atoms with Gasteiger partial charge in [-0.3, -0.25) is 14.3 Å².